The van der Waals surface area contributed by atoms with Crippen LogP contribution in [-0.2, 0) is 4.79 Å². The van der Waals surface area contributed by atoms with E-state index in [-0.39, 0.29) is 12.6 Å². The zero-order chi connectivity index (χ0) is 14.7. The fourth-order valence-corrected chi connectivity index (χ4v) is 3.50. The standard InChI is InChI=1S/C14H25N3O3/c1-3-16(10-13(18)19)14(20)17-8-6-12-11(9-17)5-4-7-15(12)2/h11-12H,3-10H2,1-2H3,(H,18,19). The van der Waals surface area contributed by atoms with Crippen LogP contribution in [0, 0.1) is 5.92 Å². The highest BCUT2D eigenvalue weighted by atomic mass is 16.4. The fourth-order valence-electron chi connectivity index (χ4n) is 3.50. The minimum atomic E-state index is -0.951. The van der Waals surface area contributed by atoms with Crippen LogP contribution < -0.4 is 0 Å². The lowest BCUT2D eigenvalue weighted by molar-refractivity contribution is -0.137. The first-order chi connectivity index (χ1) is 9.52. The van der Waals surface area contributed by atoms with Crippen molar-refractivity contribution in [3.63, 3.8) is 0 Å². The molecular formula is C14H25N3O3. The number of likely N-dealkylation sites (N-methyl/N-ethyl adjacent to an activating group) is 1. The lowest BCUT2D eigenvalue weighted by Gasteiger charge is -2.46. The molecule has 2 heterocycles. The molecule has 6 heteroatoms. The molecule has 0 radical (unpaired) electrons. The zero-order valence-electron chi connectivity index (χ0n) is 12.4. The molecule has 0 aromatic heterocycles. The molecule has 114 valence electrons. The summed E-state index contributed by atoms with van der Waals surface area (Å²) >= 11 is 0. The van der Waals surface area contributed by atoms with Gasteiger partial charge in [-0.3, -0.25) is 4.79 Å². The number of likely N-dealkylation sites (tertiary alicyclic amines) is 2. The summed E-state index contributed by atoms with van der Waals surface area (Å²) in [6.45, 7) is 4.71. The summed E-state index contributed by atoms with van der Waals surface area (Å²) in [6.07, 6.45) is 3.35. The van der Waals surface area contributed by atoms with E-state index >= 15 is 0 Å². The van der Waals surface area contributed by atoms with E-state index in [0.29, 0.717) is 18.5 Å². The van der Waals surface area contributed by atoms with Crippen LogP contribution in [0.1, 0.15) is 26.2 Å². The normalized spacial score (nSPS) is 27.0. The van der Waals surface area contributed by atoms with Crippen molar-refractivity contribution >= 4 is 12.0 Å². The highest BCUT2D eigenvalue weighted by Crippen LogP contribution is 2.29. The number of carboxylic acid groups (broad SMARTS) is 1. The number of carbonyl (C=O) groups excluding carboxylic acids is 1. The lowest BCUT2D eigenvalue weighted by Crippen LogP contribution is -2.56. The fraction of sp³-hybridized carbons (Fsp3) is 0.857. The highest BCUT2D eigenvalue weighted by molar-refractivity contribution is 5.80. The summed E-state index contributed by atoms with van der Waals surface area (Å²) in [5.41, 5.74) is 0. The number of hydrogen-bond acceptors (Lipinski definition) is 3. The van der Waals surface area contributed by atoms with E-state index in [1.165, 1.54) is 17.7 Å². The van der Waals surface area contributed by atoms with E-state index in [0.717, 1.165) is 26.1 Å². The summed E-state index contributed by atoms with van der Waals surface area (Å²) in [5, 5.41) is 8.87. The number of rotatable bonds is 3. The molecule has 0 spiro atoms. The van der Waals surface area contributed by atoms with Crippen LogP contribution in [0.4, 0.5) is 4.79 Å². The van der Waals surface area contributed by atoms with E-state index in [1.807, 2.05) is 11.8 Å². The number of carboxylic acids is 1. The number of aliphatic carboxylic acids is 1. The van der Waals surface area contributed by atoms with Gasteiger partial charge < -0.3 is 19.8 Å². The summed E-state index contributed by atoms with van der Waals surface area (Å²) in [7, 11) is 2.16. The van der Waals surface area contributed by atoms with Crippen molar-refractivity contribution in [2.45, 2.75) is 32.2 Å². The molecule has 2 atom stereocenters. The molecule has 20 heavy (non-hydrogen) atoms. The molecule has 0 aliphatic carbocycles. The van der Waals surface area contributed by atoms with Crippen molar-refractivity contribution < 1.29 is 14.7 Å². The van der Waals surface area contributed by atoms with Gasteiger partial charge in [0.25, 0.3) is 0 Å². The minimum Gasteiger partial charge on any atom is -0.480 e. The third-order valence-electron chi connectivity index (χ3n) is 4.59. The van der Waals surface area contributed by atoms with Gasteiger partial charge in [0.05, 0.1) is 0 Å². The molecule has 2 aliphatic heterocycles. The highest BCUT2D eigenvalue weighted by Gasteiger charge is 2.36. The molecule has 2 aliphatic rings. The van der Waals surface area contributed by atoms with Crippen LogP contribution in [-0.4, -0.2) is 77.6 Å². The van der Waals surface area contributed by atoms with Gasteiger partial charge >= 0.3 is 12.0 Å². The van der Waals surface area contributed by atoms with Crippen molar-refractivity contribution in [3.05, 3.63) is 0 Å². The molecule has 0 saturated carbocycles. The summed E-state index contributed by atoms with van der Waals surface area (Å²) < 4.78 is 0. The molecular weight excluding hydrogens is 258 g/mol. The van der Waals surface area contributed by atoms with Gasteiger partial charge in [-0.2, -0.15) is 0 Å². The molecule has 6 nitrogen and oxygen atoms in total. The minimum absolute atomic E-state index is 0.124. The Morgan fingerprint density at radius 3 is 2.70 bits per heavy atom. The van der Waals surface area contributed by atoms with Gasteiger partial charge in [-0.15, -0.1) is 0 Å². The Kier molecular flexibility index (Phi) is 4.86. The maximum atomic E-state index is 12.4. The number of nitrogens with zero attached hydrogens (tertiary/aromatic N) is 3. The van der Waals surface area contributed by atoms with Crippen molar-refractivity contribution in [2.75, 3.05) is 39.8 Å². The lowest BCUT2D eigenvalue weighted by atomic mass is 9.84. The Bertz CT molecular complexity index is 375. The number of urea groups is 1. The first kappa shape index (κ1) is 15.1. The van der Waals surface area contributed by atoms with Crippen molar-refractivity contribution in [2.24, 2.45) is 5.92 Å². The maximum Gasteiger partial charge on any atom is 0.323 e. The number of hydrogen-bond donors (Lipinski definition) is 1. The molecule has 0 aromatic carbocycles. The van der Waals surface area contributed by atoms with Crippen LogP contribution in [0.25, 0.3) is 0 Å². The van der Waals surface area contributed by atoms with Gasteiger partial charge in [0.2, 0.25) is 0 Å². The maximum absolute atomic E-state index is 12.4. The second-order valence-electron chi connectivity index (χ2n) is 5.88. The Hall–Kier alpha value is -1.30. The van der Waals surface area contributed by atoms with Gasteiger partial charge in [0.1, 0.15) is 6.54 Å². The third kappa shape index (κ3) is 3.23. The molecule has 2 fully saturated rings. The average Bonchev–Trinajstić information content (AvgIpc) is 2.43. The van der Waals surface area contributed by atoms with Crippen LogP contribution in [0.3, 0.4) is 0 Å². The third-order valence-corrected chi connectivity index (χ3v) is 4.59. The molecule has 2 unspecified atom stereocenters. The van der Waals surface area contributed by atoms with Crippen molar-refractivity contribution in [1.82, 2.24) is 14.7 Å². The summed E-state index contributed by atoms with van der Waals surface area (Å²) in [5.74, 6) is -0.414. The van der Waals surface area contributed by atoms with Gasteiger partial charge in [-0.05, 0) is 45.7 Å². The Morgan fingerprint density at radius 1 is 1.30 bits per heavy atom. The predicted molar refractivity (Wildman–Crippen MR) is 75.6 cm³/mol. The second kappa shape index (κ2) is 6.43. The van der Waals surface area contributed by atoms with Crippen molar-refractivity contribution in [3.8, 4) is 0 Å². The zero-order valence-corrected chi connectivity index (χ0v) is 12.4. The van der Waals surface area contributed by atoms with Crippen LogP contribution in [0.5, 0.6) is 0 Å². The number of fused-ring (bicyclic) bond motifs is 1. The van der Waals surface area contributed by atoms with E-state index in [4.69, 9.17) is 5.11 Å². The Labute approximate surface area is 120 Å². The van der Waals surface area contributed by atoms with Crippen molar-refractivity contribution in [1.29, 1.82) is 0 Å². The Balaban J connectivity index is 1.96. The number of amides is 2. The largest absolute Gasteiger partial charge is 0.480 e. The molecule has 0 bridgehead atoms. The predicted octanol–water partition coefficient (Wildman–Crippen LogP) is 0.929. The molecule has 0 aromatic rings. The first-order valence-corrected chi connectivity index (χ1v) is 7.48. The van der Waals surface area contributed by atoms with Gasteiger partial charge in [0, 0.05) is 25.7 Å². The number of piperidine rings is 2. The van der Waals surface area contributed by atoms with Crippen LogP contribution in [0.2, 0.25) is 0 Å². The van der Waals surface area contributed by atoms with E-state index in [1.54, 1.807) is 0 Å². The summed E-state index contributed by atoms with van der Waals surface area (Å²) in [6, 6.07) is 0.462. The van der Waals surface area contributed by atoms with E-state index in [2.05, 4.69) is 11.9 Å². The average molecular weight is 283 g/mol. The quantitative estimate of drug-likeness (QED) is 0.837. The van der Waals surface area contributed by atoms with Gasteiger partial charge in [-0.25, -0.2) is 4.79 Å². The first-order valence-electron chi connectivity index (χ1n) is 7.48. The topological polar surface area (TPSA) is 64.1 Å². The van der Waals surface area contributed by atoms with E-state index < -0.39 is 5.97 Å². The SMILES string of the molecule is CCN(CC(=O)O)C(=O)N1CCC2C(CCCN2C)C1. The second-order valence-corrected chi connectivity index (χ2v) is 5.88. The molecule has 2 amide bonds. The number of carbonyl (C=O) groups is 2. The smallest absolute Gasteiger partial charge is 0.323 e. The summed E-state index contributed by atoms with van der Waals surface area (Å²) in [4.78, 5) is 28.9. The molecule has 2 rings (SSSR count). The molecule has 1 N–H and O–H groups in total. The monoisotopic (exact) mass is 283 g/mol. The van der Waals surface area contributed by atoms with E-state index in [9.17, 15) is 9.59 Å². The Morgan fingerprint density at radius 2 is 2.05 bits per heavy atom. The van der Waals surface area contributed by atoms with Gasteiger partial charge in [0.15, 0.2) is 0 Å². The van der Waals surface area contributed by atoms with Crippen LogP contribution >= 0.6 is 0 Å². The van der Waals surface area contributed by atoms with Gasteiger partial charge in [-0.1, -0.05) is 0 Å². The van der Waals surface area contributed by atoms with Crippen LogP contribution in [0.15, 0.2) is 0 Å². The molecule has 2 saturated heterocycles.